The summed E-state index contributed by atoms with van der Waals surface area (Å²) in [4.78, 5) is 38.5. The number of carbonyl (C=O) groups is 3. The topological polar surface area (TPSA) is 121 Å². The Bertz CT molecular complexity index is 1100. The van der Waals surface area contributed by atoms with Gasteiger partial charge in [0.05, 0.1) is 11.7 Å². The average Bonchev–Trinajstić information content (AvgIpc) is 3.05. The summed E-state index contributed by atoms with van der Waals surface area (Å²) in [7, 11) is 0. The molecule has 0 saturated carbocycles. The summed E-state index contributed by atoms with van der Waals surface area (Å²) in [5, 5.41) is 8.04. The fraction of sp³-hybridized carbons (Fsp3) is 0.714. The molecule has 1 unspecified atom stereocenters. The number of carbonyl (C=O) groups excluding carboxylic acids is 3. The number of unbranched alkanes of at least 4 members (excludes halogenated alkanes) is 14. The Morgan fingerprint density at radius 3 is 1.71 bits per heavy atom. The van der Waals surface area contributed by atoms with Gasteiger partial charge in [-0.1, -0.05) is 150 Å². The highest BCUT2D eigenvalue weighted by molar-refractivity contribution is 6.76. The summed E-state index contributed by atoms with van der Waals surface area (Å²) in [5.41, 5.74) is 0.176. The third-order valence-electron chi connectivity index (χ3n) is 8.10. The molecule has 0 amide bonds. The van der Waals surface area contributed by atoms with Crippen molar-refractivity contribution in [3.8, 4) is 0 Å². The first-order valence-electron chi connectivity index (χ1n) is 17.2. The minimum atomic E-state index is -2.26. The van der Waals surface area contributed by atoms with E-state index in [0.29, 0.717) is 6.42 Å². The molecule has 272 valence electrons. The second-order valence-electron chi connectivity index (χ2n) is 12.1. The van der Waals surface area contributed by atoms with Crippen LogP contribution < -0.4 is 0 Å². The number of hydrogen-bond donors (Lipinski definition) is 1. The smallest absolute Gasteiger partial charge is 0.338 e. The summed E-state index contributed by atoms with van der Waals surface area (Å²) < 4.78 is 26.1. The molecule has 48 heavy (non-hydrogen) atoms. The minimum Gasteiger partial charge on any atom is -0.455 e. The fourth-order valence-electron chi connectivity index (χ4n) is 5.47. The number of hydrogen-bond acceptors (Lipinski definition) is 9. The van der Waals surface area contributed by atoms with Crippen LogP contribution in [0.4, 0.5) is 0 Å². The van der Waals surface area contributed by atoms with Crippen LogP contribution in [0, 0.1) is 5.41 Å². The van der Waals surface area contributed by atoms with Gasteiger partial charge in [-0.05, 0) is 25.5 Å². The average molecular weight is 756 g/mol. The first-order valence-corrected chi connectivity index (χ1v) is 18.8. The van der Waals surface area contributed by atoms with Gasteiger partial charge in [-0.2, -0.15) is 0 Å². The van der Waals surface area contributed by atoms with Crippen molar-refractivity contribution >= 4 is 70.2 Å². The van der Waals surface area contributed by atoms with E-state index in [2.05, 4.69) is 6.92 Å². The Morgan fingerprint density at radius 1 is 0.708 bits per heavy atom. The number of esters is 3. The molecule has 0 radical (unpaired) electrons. The minimum absolute atomic E-state index is 0.143. The second kappa shape index (κ2) is 23.6. The predicted molar refractivity (Wildman–Crippen MR) is 189 cm³/mol. The number of halogens is 4. The third kappa shape index (κ3) is 16.3. The lowest BCUT2D eigenvalue weighted by atomic mass is 9.98. The van der Waals surface area contributed by atoms with Gasteiger partial charge in [-0.15, -0.1) is 11.6 Å². The van der Waals surface area contributed by atoms with Gasteiger partial charge in [0.25, 0.3) is 3.79 Å². The number of nitrogens with one attached hydrogen (secondary N) is 1. The molecule has 1 N–H and O–H groups in total. The number of rotatable bonds is 22. The Morgan fingerprint density at radius 2 is 1.21 bits per heavy atom. The molecule has 0 bridgehead atoms. The van der Waals surface area contributed by atoms with E-state index in [-0.39, 0.29) is 12.0 Å². The van der Waals surface area contributed by atoms with E-state index >= 15 is 0 Å². The first kappa shape index (κ1) is 42.4. The Hall–Kier alpha value is -1.78. The van der Waals surface area contributed by atoms with Crippen LogP contribution in [-0.2, 0) is 33.3 Å². The zero-order chi connectivity index (χ0) is 35.4. The molecule has 1 aliphatic heterocycles. The highest BCUT2D eigenvalue weighted by Crippen LogP contribution is 2.34. The first-order chi connectivity index (χ1) is 23.0. The largest absolute Gasteiger partial charge is 0.455 e. The van der Waals surface area contributed by atoms with Crippen LogP contribution in [0.25, 0.3) is 0 Å². The van der Waals surface area contributed by atoms with Crippen molar-refractivity contribution in [3.63, 3.8) is 0 Å². The number of benzene rings is 1. The van der Waals surface area contributed by atoms with E-state index in [0.717, 1.165) is 19.3 Å². The van der Waals surface area contributed by atoms with E-state index in [1.807, 2.05) is 0 Å². The van der Waals surface area contributed by atoms with Crippen LogP contribution >= 0.6 is 46.4 Å². The summed E-state index contributed by atoms with van der Waals surface area (Å²) in [6, 6.07) is 8.02. The maximum Gasteiger partial charge on any atom is 0.338 e. The molecule has 5 atom stereocenters. The quantitative estimate of drug-likeness (QED) is 0.0310. The fourth-order valence-corrected chi connectivity index (χ4v) is 5.67. The van der Waals surface area contributed by atoms with Gasteiger partial charge < -0.3 is 23.7 Å². The Labute approximate surface area is 305 Å². The highest BCUT2D eigenvalue weighted by Gasteiger charge is 2.53. The zero-order valence-electron chi connectivity index (χ0n) is 28.1. The Balaban J connectivity index is 1.92. The van der Waals surface area contributed by atoms with Gasteiger partial charge in [0.2, 0.25) is 18.3 Å². The Kier molecular flexibility index (Phi) is 20.8. The lowest BCUT2D eigenvalue weighted by Crippen LogP contribution is -2.62. The molecular weight excluding hydrogens is 704 g/mol. The van der Waals surface area contributed by atoms with Crippen LogP contribution in [0.15, 0.2) is 30.3 Å². The molecule has 1 aliphatic rings. The van der Waals surface area contributed by atoms with Crippen LogP contribution in [-0.4, -0.2) is 64.2 Å². The van der Waals surface area contributed by atoms with Crippen LogP contribution in [0.2, 0.25) is 0 Å². The lowest BCUT2D eigenvalue weighted by molar-refractivity contribution is -0.279. The third-order valence-corrected chi connectivity index (χ3v) is 8.83. The maximum atomic E-state index is 13.1. The van der Waals surface area contributed by atoms with Gasteiger partial charge in [0.15, 0.2) is 12.2 Å². The molecule has 1 fully saturated rings. The van der Waals surface area contributed by atoms with Crippen molar-refractivity contribution in [2.75, 3.05) is 5.88 Å². The van der Waals surface area contributed by atoms with Gasteiger partial charge in [-0.3, -0.25) is 15.0 Å². The molecule has 13 heteroatoms. The van der Waals surface area contributed by atoms with E-state index in [1.54, 1.807) is 25.1 Å². The number of alkyl halides is 4. The SMILES string of the molecule is CCCCCCCCCCCCCCCCCC(=O)O[C@@H]1[C@@H](OC(=O)CCl)[C@@H](OC(=O)c2ccccc2)C(OC(=N)C(Cl)(Cl)Cl)O[C@H]1C. The summed E-state index contributed by atoms with van der Waals surface area (Å²) in [5.74, 6) is -3.56. The van der Waals surface area contributed by atoms with Crippen molar-refractivity contribution in [2.24, 2.45) is 0 Å². The molecule has 0 aliphatic carbocycles. The van der Waals surface area contributed by atoms with Crippen molar-refractivity contribution in [3.05, 3.63) is 35.9 Å². The van der Waals surface area contributed by atoms with E-state index in [4.69, 9.17) is 75.5 Å². The van der Waals surface area contributed by atoms with Crippen molar-refractivity contribution < 1.29 is 38.1 Å². The van der Waals surface area contributed by atoms with E-state index in [9.17, 15) is 14.4 Å². The van der Waals surface area contributed by atoms with Crippen LogP contribution in [0.3, 0.4) is 0 Å². The predicted octanol–water partition coefficient (Wildman–Crippen LogP) is 9.64. The van der Waals surface area contributed by atoms with Gasteiger partial charge in [0.1, 0.15) is 5.88 Å². The molecule has 1 heterocycles. The van der Waals surface area contributed by atoms with E-state index < -0.39 is 64.2 Å². The molecule has 0 aromatic heterocycles. The monoisotopic (exact) mass is 753 g/mol. The summed E-state index contributed by atoms with van der Waals surface area (Å²) >= 11 is 23.2. The molecule has 1 aromatic carbocycles. The second-order valence-corrected chi connectivity index (χ2v) is 14.7. The maximum absolute atomic E-state index is 13.1. The standard InChI is InChI=1S/C35H51Cl4NO8/c1-3-4-5-6-7-8-9-10-11-12-13-14-15-16-20-23-27(41)45-29-25(2)44-33(48-34(40)35(37,38)39)31(30(29)46-28(42)24-36)47-32(43)26-21-18-17-19-22-26/h17-19,21-22,25,29-31,33,40H,3-16,20,23-24H2,1-2H3/t25-,29-,30+,31+,33?/m0/s1. The van der Waals surface area contributed by atoms with Crippen molar-refractivity contribution in [1.82, 2.24) is 0 Å². The molecule has 1 saturated heterocycles. The van der Waals surface area contributed by atoms with Crippen LogP contribution in [0.5, 0.6) is 0 Å². The van der Waals surface area contributed by atoms with Crippen molar-refractivity contribution in [2.45, 2.75) is 151 Å². The molecule has 2 rings (SSSR count). The summed E-state index contributed by atoms with van der Waals surface area (Å²) in [6.45, 7) is 3.80. The van der Waals surface area contributed by atoms with Gasteiger partial charge in [0, 0.05) is 6.42 Å². The van der Waals surface area contributed by atoms with Crippen molar-refractivity contribution in [1.29, 1.82) is 5.41 Å². The lowest BCUT2D eigenvalue weighted by Gasteiger charge is -2.43. The number of ether oxygens (including phenoxy) is 5. The normalized spacial score (nSPS) is 20.9. The molecule has 0 spiro atoms. The van der Waals surface area contributed by atoms with Crippen LogP contribution in [0.1, 0.15) is 127 Å². The van der Waals surface area contributed by atoms with Gasteiger partial charge in [-0.25, -0.2) is 4.79 Å². The van der Waals surface area contributed by atoms with Gasteiger partial charge >= 0.3 is 17.9 Å². The molecular formula is C35H51Cl4NO8. The molecule has 1 aromatic rings. The van der Waals surface area contributed by atoms with E-state index in [1.165, 1.54) is 82.8 Å². The highest BCUT2D eigenvalue weighted by atomic mass is 35.6. The molecule has 9 nitrogen and oxygen atoms in total. The summed E-state index contributed by atoms with van der Waals surface area (Å²) in [6.07, 6.45) is 11.5. The zero-order valence-corrected chi connectivity index (χ0v) is 31.1.